The number of nitrogens with one attached hydrogen (secondary N) is 1. The van der Waals surface area contributed by atoms with Crippen LogP contribution < -0.4 is 5.32 Å². The monoisotopic (exact) mass is 253 g/mol. The molecule has 0 aromatic carbocycles. The summed E-state index contributed by atoms with van der Waals surface area (Å²) in [5.41, 5.74) is 1.05. The zero-order valence-corrected chi connectivity index (χ0v) is 10.8. The molecule has 100 valence electrons. The number of amides is 1. The van der Waals surface area contributed by atoms with Gasteiger partial charge in [0.2, 0.25) is 0 Å². The molecule has 0 aliphatic rings. The molecule has 18 heavy (non-hydrogen) atoms. The molecular formula is C13H19NO4. The molecule has 1 aromatic rings. The SMILES string of the molecule is CCc1cc(C(=O)NCCCC(=O)O)oc1CC. The van der Waals surface area contributed by atoms with Crippen molar-refractivity contribution in [3.63, 3.8) is 0 Å². The lowest BCUT2D eigenvalue weighted by Crippen LogP contribution is -2.24. The number of carboxylic acid groups (broad SMARTS) is 1. The Labute approximate surface area is 106 Å². The highest BCUT2D eigenvalue weighted by Gasteiger charge is 2.14. The zero-order valence-electron chi connectivity index (χ0n) is 10.8. The second-order valence-corrected chi connectivity index (χ2v) is 4.02. The predicted molar refractivity (Wildman–Crippen MR) is 66.7 cm³/mol. The smallest absolute Gasteiger partial charge is 0.303 e. The first-order valence-corrected chi connectivity index (χ1v) is 6.20. The van der Waals surface area contributed by atoms with Gasteiger partial charge in [0.1, 0.15) is 5.76 Å². The molecule has 0 radical (unpaired) electrons. The van der Waals surface area contributed by atoms with E-state index < -0.39 is 5.97 Å². The van der Waals surface area contributed by atoms with Crippen molar-refractivity contribution in [2.75, 3.05) is 6.54 Å². The first-order chi connectivity index (χ1) is 8.58. The number of carbonyl (C=O) groups is 2. The van der Waals surface area contributed by atoms with Crippen LogP contribution in [0.5, 0.6) is 0 Å². The van der Waals surface area contributed by atoms with Gasteiger partial charge in [0.05, 0.1) is 0 Å². The van der Waals surface area contributed by atoms with Crippen molar-refractivity contribution in [1.82, 2.24) is 5.32 Å². The molecule has 0 saturated heterocycles. The molecule has 0 aliphatic carbocycles. The number of hydrogen-bond acceptors (Lipinski definition) is 3. The Kier molecular flexibility index (Phi) is 5.42. The summed E-state index contributed by atoms with van der Waals surface area (Å²) < 4.78 is 5.47. The fraction of sp³-hybridized carbons (Fsp3) is 0.538. The number of furan rings is 1. The summed E-state index contributed by atoms with van der Waals surface area (Å²) in [5, 5.41) is 11.1. The second-order valence-electron chi connectivity index (χ2n) is 4.02. The first kappa shape index (κ1) is 14.3. The van der Waals surface area contributed by atoms with E-state index in [9.17, 15) is 9.59 Å². The maximum Gasteiger partial charge on any atom is 0.303 e. The van der Waals surface area contributed by atoms with E-state index in [2.05, 4.69) is 5.32 Å². The number of aryl methyl sites for hydroxylation is 2. The van der Waals surface area contributed by atoms with Crippen molar-refractivity contribution in [2.45, 2.75) is 39.5 Å². The van der Waals surface area contributed by atoms with Gasteiger partial charge in [-0.25, -0.2) is 0 Å². The van der Waals surface area contributed by atoms with Crippen LogP contribution in [0.15, 0.2) is 10.5 Å². The summed E-state index contributed by atoms with van der Waals surface area (Å²) in [5.74, 6) is 0.00536. The minimum Gasteiger partial charge on any atom is -0.481 e. The van der Waals surface area contributed by atoms with Crippen LogP contribution in [0.4, 0.5) is 0 Å². The highest BCUT2D eigenvalue weighted by Crippen LogP contribution is 2.16. The highest BCUT2D eigenvalue weighted by molar-refractivity contribution is 5.91. The third-order valence-electron chi connectivity index (χ3n) is 2.68. The fourth-order valence-electron chi connectivity index (χ4n) is 1.71. The van der Waals surface area contributed by atoms with Gasteiger partial charge >= 0.3 is 5.97 Å². The van der Waals surface area contributed by atoms with Gasteiger partial charge in [0, 0.05) is 19.4 Å². The Bertz CT molecular complexity index is 401. The van der Waals surface area contributed by atoms with Crippen molar-refractivity contribution in [1.29, 1.82) is 0 Å². The number of rotatable bonds is 7. The first-order valence-electron chi connectivity index (χ1n) is 6.20. The summed E-state index contributed by atoms with van der Waals surface area (Å²) >= 11 is 0. The topological polar surface area (TPSA) is 79.5 Å². The summed E-state index contributed by atoms with van der Waals surface area (Å²) in [6, 6.07) is 1.76. The predicted octanol–water partition coefficient (Wildman–Crippen LogP) is 2.00. The number of carboxylic acids is 1. The molecular weight excluding hydrogens is 234 g/mol. The average Bonchev–Trinajstić information content (AvgIpc) is 2.77. The Hall–Kier alpha value is -1.78. The fourth-order valence-corrected chi connectivity index (χ4v) is 1.71. The van der Waals surface area contributed by atoms with E-state index in [4.69, 9.17) is 9.52 Å². The Balaban J connectivity index is 2.51. The summed E-state index contributed by atoms with van der Waals surface area (Å²) in [7, 11) is 0. The minimum atomic E-state index is -0.858. The van der Waals surface area contributed by atoms with Crippen molar-refractivity contribution >= 4 is 11.9 Å². The van der Waals surface area contributed by atoms with Gasteiger partial charge < -0.3 is 14.8 Å². The Morgan fingerprint density at radius 1 is 1.33 bits per heavy atom. The summed E-state index contributed by atoms with van der Waals surface area (Å²) in [6.07, 6.45) is 2.07. The molecule has 2 N–H and O–H groups in total. The van der Waals surface area contributed by atoms with Crippen LogP contribution in [0, 0.1) is 0 Å². The van der Waals surface area contributed by atoms with Crippen molar-refractivity contribution in [3.05, 3.63) is 23.2 Å². The van der Waals surface area contributed by atoms with Gasteiger partial charge in [-0.05, 0) is 24.5 Å². The zero-order chi connectivity index (χ0) is 13.5. The third-order valence-corrected chi connectivity index (χ3v) is 2.68. The third kappa shape index (κ3) is 3.91. The molecule has 1 aromatic heterocycles. The van der Waals surface area contributed by atoms with Crippen molar-refractivity contribution in [3.8, 4) is 0 Å². The van der Waals surface area contributed by atoms with Gasteiger partial charge in [0.25, 0.3) is 5.91 Å². The van der Waals surface area contributed by atoms with E-state index in [1.807, 2.05) is 13.8 Å². The molecule has 0 bridgehead atoms. The van der Waals surface area contributed by atoms with Crippen LogP contribution in [0.3, 0.4) is 0 Å². The van der Waals surface area contributed by atoms with Gasteiger partial charge in [-0.3, -0.25) is 9.59 Å². The van der Waals surface area contributed by atoms with E-state index in [0.717, 1.165) is 24.2 Å². The van der Waals surface area contributed by atoms with Crippen LogP contribution >= 0.6 is 0 Å². The normalized spacial score (nSPS) is 10.3. The van der Waals surface area contributed by atoms with E-state index in [1.54, 1.807) is 6.07 Å². The quantitative estimate of drug-likeness (QED) is 0.728. The molecule has 0 unspecified atom stereocenters. The van der Waals surface area contributed by atoms with Crippen LogP contribution in [0.25, 0.3) is 0 Å². The van der Waals surface area contributed by atoms with E-state index in [-0.39, 0.29) is 12.3 Å². The molecule has 5 heteroatoms. The summed E-state index contributed by atoms with van der Waals surface area (Å²) in [6.45, 7) is 4.33. The number of carbonyl (C=O) groups excluding carboxylic acids is 1. The Morgan fingerprint density at radius 3 is 2.56 bits per heavy atom. The second kappa shape index (κ2) is 6.83. The van der Waals surface area contributed by atoms with Gasteiger partial charge in [-0.2, -0.15) is 0 Å². The molecule has 0 fully saturated rings. The maximum atomic E-state index is 11.7. The van der Waals surface area contributed by atoms with Crippen molar-refractivity contribution in [2.24, 2.45) is 0 Å². The van der Waals surface area contributed by atoms with Gasteiger partial charge in [0.15, 0.2) is 5.76 Å². The molecule has 0 atom stereocenters. The molecule has 1 amide bonds. The lowest BCUT2D eigenvalue weighted by Gasteiger charge is -2.01. The van der Waals surface area contributed by atoms with Crippen molar-refractivity contribution < 1.29 is 19.1 Å². The lowest BCUT2D eigenvalue weighted by atomic mass is 10.1. The molecule has 0 saturated carbocycles. The van der Waals surface area contributed by atoms with Gasteiger partial charge in [-0.15, -0.1) is 0 Å². The van der Waals surface area contributed by atoms with Crippen LogP contribution in [0.1, 0.15) is 48.6 Å². The molecule has 1 rings (SSSR count). The van der Waals surface area contributed by atoms with Crippen LogP contribution in [-0.2, 0) is 17.6 Å². The molecule has 0 aliphatic heterocycles. The molecule has 0 spiro atoms. The largest absolute Gasteiger partial charge is 0.481 e. The lowest BCUT2D eigenvalue weighted by molar-refractivity contribution is -0.137. The van der Waals surface area contributed by atoms with Crippen LogP contribution in [0.2, 0.25) is 0 Å². The molecule has 5 nitrogen and oxygen atoms in total. The van der Waals surface area contributed by atoms with Gasteiger partial charge in [-0.1, -0.05) is 13.8 Å². The Morgan fingerprint density at radius 2 is 2.06 bits per heavy atom. The summed E-state index contributed by atoms with van der Waals surface area (Å²) in [4.78, 5) is 22.0. The van der Waals surface area contributed by atoms with E-state index >= 15 is 0 Å². The highest BCUT2D eigenvalue weighted by atomic mass is 16.4. The van der Waals surface area contributed by atoms with Crippen LogP contribution in [-0.4, -0.2) is 23.5 Å². The number of aliphatic carboxylic acids is 1. The number of hydrogen-bond donors (Lipinski definition) is 2. The van der Waals surface area contributed by atoms with E-state index in [1.165, 1.54) is 0 Å². The molecule has 1 heterocycles. The average molecular weight is 253 g/mol. The van der Waals surface area contributed by atoms with E-state index in [0.29, 0.717) is 18.7 Å². The maximum absolute atomic E-state index is 11.7. The standard InChI is InChI=1S/C13H19NO4/c1-3-9-8-11(18-10(9)4-2)13(17)14-7-5-6-12(15)16/h8H,3-7H2,1-2H3,(H,14,17)(H,15,16). The minimum absolute atomic E-state index is 0.0544.